The molecule has 5 nitrogen and oxygen atoms in total. The van der Waals surface area contributed by atoms with Crippen molar-refractivity contribution in [3.8, 4) is 0 Å². The first-order chi connectivity index (χ1) is 22.4. The Labute approximate surface area is 285 Å². The molecule has 47 heavy (non-hydrogen) atoms. The fourth-order valence-corrected chi connectivity index (χ4v) is 7.34. The largest absolute Gasteiger partial charge is 0.345 e. The molecular formula is C40H64F2N4O. The fraction of sp³-hybridized carbons (Fsp3) is 0.675. The van der Waals surface area contributed by atoms with Crippen molar-refractivity contribution in [1.82, 2.24) is 20.0 Å². The van der Waals surface area contributed by atoms with Crippen molar-refractivity contribution in [2.45, 2.75) is 124 Å². The van der Waals surface area contributed by atoms with E-state index in [-0.39, 0.29) is 11.5 Å². The number of likely N-dealkylation sites (tertiary alicyclic amines) is 2. The molecule has 0 aliphatic carbocycles. The number of halogens is 2. The van der Waals surface area contributed by atoms with Crippen LogP contribution in [0.2, 0.25) is 0 Å². The second kappa shape index (κ2) is 19.0. The standard InChI is InChI=1S/C24H41N3O.C16H23F2N/c1-6-24(25-12-9-13-26(7-2)8-3)23-17-20(5)19(4)16-22(23)21-10-14-27(18-28)15-11-21;1-16(2,3)19-9-4-5-12(8-10-19)14-7-6-13(17)11-15(14)18/h16-18,21,24-25H,6-15H2,1-5H3;6-7,11-12H,4-5,8-10H2,1-3H3. The van der Waals surface area contributed by atoms with Crippen LogP contribution in [0.25, 0.3) is 0 Å². The number of amides is 1. The van der Waals surface area contributed by atoms with Crippen LogP contribution >= 0.6 is 0 Å². The summed E-state index contributed by atoms with van der Waals surface area (Å²) in [7, 11) is 0. The van der Waals surface area contributed by atoms with Crippen molar-refractivity contribution in [2.75, 3.05) is 52.4 Å². The van der Waals surface area contributed by atoms with Crippen LogP contribution in [0.15, 0.2) is 30.3 Å². The molecule has 2 atom stereocenters. The van der Waals surface area contributed by atoms with E-state index in [0.717, 1.165) is 96.8 Å². The van der Waals surface area contributed by atoms with E-state index < -0.39 is 11.6 Å². The molecule has 4 rings (SSSR count). The van der Waals surface area contributed by atoms with Gasteiger partial charge in [0.25, 0.3) is 0 Å². The molecule has 0 saturated carbocycles. The lowest BCUT2D eigenvalue weighted by molar-refractivity contribution is -0.119. The van der Waals surface area contributed by atoms with Gasteiger partial charge in [-0.05, 0) is 165 Å². The molecule has 2 aromatic rings. The van der Waals surface area contributed by atoms with Crippen molar-refractivity contribution >= 4 is 6.41 Å². The van der Waals surface area contributed by atoms with Crippen LogP contribution in [0.3, 0.4) is 0 Å². The number of carbonyl (C=O) groups is 1. The highest BCUT2D eigenvalue weighted by molar-refractivity contribution is 5.48. The van der Waals surface area contributed by atoms with Gasteiger partial charge >= 0.3 is 0 Å². The summed E-state index contributed by atoms with van der Waals surface area (Å²) in [5, 5.41) is 3.84. The highest BCUT2D eigenvalue weighted by atomic mass is 19.1. The topological polar surface area (TPSA) is 38.8 Å². The lowest BCUT2D eigenvalue weighted by atomic mass is 9.82. The van der Waals surface area contributed by atoms with Crippen molar-refractivity contribution in [3.63, 3.8) is 0 Å². The number of nitrogens with one attached hydrogen (secondary N) is 1. The first kappa shape index (κ1) is 39.1. The van der Waals surface area contributed by atoms with E-state index in [1.165, 1.54) is 41.3 Å². The minimum Gasteiger partial charge on any atom is -0.345 e. The van der Waals surface area contributed by atoms with Crippen molar-refractivity contribution in [1.29, 1.82) is 0 Å². The zero-order valence-corrected chi connectivity index (χ0v) is 30.8. The van der Waals surface area contributed by atoms with Gasteiger partial charge in [0, 0.05) is 30.7 Å². The number of carbonyl (C=O) groups excluding carboxylic acids is 1. The molecule has 2 aliphatic heterocycles. The van der Waals surface area contributed by atoms with Crippen LogP contribution in [0.1, 0.15) is 132 Å². The highest BCUT2D eigenvalue weighted by Crippen LogP contribution is 2.36. The number of hydrogen-bond donors (Lipinski definition) is 1. The number of rotatable bonds is 12. The normalized spacial score (nSPS) is 18.9. The van der Waals surface area contributed by atoms with Crippen LogP contribution in [0.4, 0.5) is 8.78 Å². The summed E-state index contributed by atoms with van der Waals surface area (Å²) in [6, 6.07) is 9.23. The van der Waals surface area contributed by atoms with Gasteiger partial charge in [0.2, 0.25) is 6.41 Å². The molecule has 2 fully saturated rings. The lowest BCUT2D eigenvalue weighted by Gasteiger charge is -2.34. The van der Waals surface area contributed by atoms with Crippen molar-refractivity contribution in [3.05, 3.63) is 69.8 Å². The predicted octanol–water partition coefficient (Wildman–Crippen LogP) is 8.74. The van der Waals surface area contributed by atoms with E-state index >= 15 is 0 Å². The van der Waals surface area contributed by atoms with E-state index in [9.17, 15) is 13.6 Å². The molecule has 0 aromatic heterocycles. The summed E-state index contributed by atoms with van der Waals surface area (Å²) < 4.78 is 26.8. The van der Waals surface area contributed by atoms with E-state index in [2.05, 4.69) is 82.6 Å². The van der Waals surface area contributed by atoms with Crippen LogP contribution in [-0.2, 0) is 4.79 Å². The molecule has 2 saturated heterocycles. The first-order valence-electron chi connectivity index (χ1n) is 18.4. The first-order valence-corrected chi connectivity index (χ1v) is 18.4. The second-order valence-corrected chi connectivity index (χ2v) is 14.7. The van der Waals surface area contributed by atoms with E-state index in [0.29, 0.717) is 17.5 Å². The van der Waals surface area contributed by atoms with Gasteiger partial charge in [0.15, 0.2) is 0 Å². The Bertz CT molecular complexity index is 1230. The van der Waals surface area contributed by atoms with Crippen molar-refractivity contribution < 1.29 is 13.6 Å². The van der Waals surface area contributed by atoms with E-state index in [4.69, 9.17) is 0 Å². The molecule has 2 aliphatic rings. The molecule has 264 valence electrons. The lowest BCUT2D eigenvalue weighted by Crippen LogP contribution is -2.41. The Balaban J connectivity index is 0.000000274. The maximum Gasteiger partial charge on any atom is 0.209 e. The number of aryl methyl sites for hydroxylation is 2. The summed E-state index contributed by atoms with van der Waals surface area (Å²) in [6.45, 7) is 26.2. The Hall–Kier alpha value is -2.35. The van der Waals surface area contributed by atoms with Crippen LogP contribution < -0.4 is 5.32 Å². The van der Waals surface area contributed by atoms with Gasteiger partial charge in [-0.3, -0.25) is 9.69 Å². The Morgan fingerprint density at radius 2 is 1.53 bits per heavy atom. The molecule has 2 heterocycles. The quantitative estimate of drug-likeness (QED) is 0.184. The number of piperidine rings is 1. The maximum absolute atomic E-state index is 13.8. The monoisotopic (exact) mass is 655 g/mol. The smallest absolute Gasteiger partial charge is 0.209 e. The molecule has 0 bridgehead atoms. The van der Waals surface area contributed by atoms with Gasteiger partial charge in [-0.15, -0.1) is 0 Å². The Kier molecular flexibility index (Phi) is 15.8. The predicted molar refractivity (Wildman–Crippen MR) is 193 cm³/mol. The summed E-state index contributed by atoms with van der Waals surface area (Å²) in [5.41, 5.74) is 6.60. The molecular weight excluding hydrogens is 590 g/mol. The van der Waals surface area contributed by atoms with E-state index in [1.54, 1.807) is 6.07 Å². The van der Waals surface area contributed by atoms with Crippen LogP contribution in [-0.4, -0.2) is 79.0 Å². The molecule has 0 radical (unpaired) electrons. The molecule has 2 aromatic carbocycles. The Morgan fingerprint density at radius 1 is 0.894 bits per heavy atom. The van der Waals surface area contributed by atoms with Crippen molar-refractivity contribution in [2.24, 2.45) is 0 Å². The van der Waals surface area contributed by atoms with Gasteiger partial charge in [0.05, 0.1) is 0 Å². The van der Waals surface area contributed by atoms with Gasteiger partial charge in [-0.2, -0.15) is 0 Å². The third-order valence-corrected chi connectivity index (χ3v) is 10.6. The number of hydrogen-bond acceptors (Lipinski definition) is 4. The minimum atomic E-state index is -0.494. The minimum absolute atomic E-state index is 0.163. The molecule has 7 heteroatoms. The Morgan fingerprint density at radius 3 is 2.13 bits per heavy atom. The third kappa shape index (κ3) is 11.6. The summed E-state index contributed by atoms with van der Waals surface area (Å²) >= 11 is 0. The fourth-order valence-electron chi connectivity index (χ4n) is 7.34. The zero-order valence-electron chi connectivity index (χ0n) is 30.8. The summed E-state index contributed by atoms with van der Waals surface area (Å²) in [4.78, 5) is 17.9. The molecule has 2 unspecified atom stereocenters. The SMILES string of the molecule is CC(C)(C)N1CCCC(c2ccc(F)cc2F)CC1.CCC(NCCCN(CC)CC)c1cc(C)c(C)cc1C1CCN(C=O)CC1. The van der Waals surface area contributed by atoms with E-state index in [1.807, 2.05) is 4.90 Å². The molecule has 1 amide bonds. The average molecular weight is 655 g/mol. The van der Waals surface area contributed by atoms with Gasteiger partial charge in [-0.25, -0.2) is 8.78 Å². The van der Waals surface area contributed by atoms with Crippen LogP contribution in [0.5, 0.6) is 0 Å². The average Bonchev–Trinajstić information content (AvgIpc) is 3.31. The molecule has 1 N–H and O–H groups in total. The third-order valence-electron chi connectivity index (χ3n) is 10.6. The van der Waals surface area contributed by atoms with Gasteiger partial charge in [-0.1, -0.05) is 39.0 Å². The number of nitrogens with zero attached hydrogens (tertiary/aromatic N) is 3. The summed E-state index contributed by atoms with van der Waals surface area (Å²) in [5.74, 6) is -0.106. The second-order valence-electron chi connectivity index (χ2n) is 14.7. The van der Waals surface area contributed by atoms with Crippen LogP contribution in [0, 0.1) is 25.5 Å². The number of benzene rings is 2. The van der Waals surface area contributed by atoms with Gasteiger partial charge < -0.3 is 15.1 Å². The zero-order chi connectivity index (χ0) is 34.6. The van der Waals surface area contributed by atoms with Gasteiger partial charge in [0.1, 0.15) is 11.6 Å². The molecule has 0 spiro atoms. The summed E-state index contributed by atoms with van der Waals surface area (Å²) in [6.07, 6.45) is 8.45. The maximum atomic E-state index is 13.8. The highest BCUT2D eigenvalue weighted by Gasteiger charge is 2.27.